The van der Waals surface area contributed by atoms with Crippen LogP contribution >= 0.6 is 0 Å². The molecule has 2 N–H and O–H groups in total. The second kappa shape index (κ2) is 7.24. The summed E-state index contributed by atoms with van der Waals surface area (Å²) in [7, 11) is 0. The first-order chi connectivity index (χ1) is 7.31. The van der Waals surface area contributed by atoms with E-state index in [0.717, 1.165) is 24.9 Å². The van der Waals surface area contributed by atoms with Gasteiger partial charge in [-0.25, -0.2) is 0 Å². The van der Waals surface area contributed by atoms with Gasteiger partial charge in [0.15, 0.2) is 0 Å². The van der Waals surface area contributed by atoms with E-state index in [1.807, 2.05) is 0 Å². The van der Waals surface area contributed by atoms with E-state index in [4.69, 9.17) is 5.11 Å². The predicted molar refractivity (Wildman–Crippen MR) is 64.9 cm³/mol. The van der Waals surface area contributed by atoms with Crippen LogP contribution in [-0.4, -0.2) is 24.3 Å². The highest BCUT2D eigenvalue weighted by atomic mass is 16.3. The van der Waals surface area contributed by atoms with Gasteiger partial charge in [0.25, 0.3) is 0 Å². The maximum atomic E-state index is 8.98. The van der Waals surface area contributed by atoms with E-state index in [9.17, 15) is 0 Å². The topological polar surface area (TPSA) is 32.3 Å². The molecule has 1 aliphatic rings. The smallest absolute Gasteiger partial charge is 0.0434 e. The summed E-state index contributed by atoms with van der Waals surface area (Å²) in [6, 6.07) is 0.739. The molecule has 2 nitrogen and oxygen atoms in total. The lowest BCUT2D eigenvalue weighted by atomic mass is 9.99. The summed E-state index contributed by atoms with van der Waals surface area (Å²) in [5.41, 5.74) is 0. The highest BCUT2D eigenvalue weighted by molar-refractivity contribution is 4.85. The van der Waals surface area contributed by atoms with Crippen molar-refractivity contribution in [2.75, 3.05) is 13.2 Å². The molecule has 0 aromatic heterocycles. The molecule has 0 amide bonds. The van der Waals surface area contributed by atoms with Gasteiger partial charge in [0, 0.05) is 12.6 Å². The second-order valence-electron chi connectivity index (χ2n) is 4.93. The molecule has 0 aromatic carbocycles. The summed E-state index contributed by atoms with van der Waals surface area (Å²) in [4.78, 5) is 0. The molecular weight excluding hydrogens is 186 g/mol. The van der Waals surface area contributed by atoms with E-state index >= 15 is 0 Å². The molecule has 0 heterocycles. The number of nitrogens with one attached hydrogen (secondary N) is 1. The molecule has 2 atom stereocenters. The molecule has 0 aliphatic heterocycles. The van der Waals surface area contributed by atoms with Gasteiger partial charge in [0.2, 0.25) is 0 Å². The maximum absolute atomic E-state index is 8.98. The van der Waals surface area contributed by atoms with Crippen LogP contribution < -0.4 is 5.32 Å². The number of hydrogen-bond acceptors (Lipinski definition) is 2. The SMILES string of the molecule is CCCC(CCO)CNC(CC)C1CC1. The van der Waals surface area contributed by atoms with E-state index in [1.165, 1.54) is 32.1 Å². The van der Waals surface area contributed by atoms with Gasteiger partial charge in [-0.2, -0.15) is 0 Å². The molecule has 0 saturated heterocycles. The highest BCUT2D eigenvalue weighted by Gasteiger charge is 2.29. The third-order valence-corrected chi connectivity index (χ3v) is 3.53. The fourth-order valence-electron chi connectivity index (χ4n) is 2.40. The summed E-state index contributed by atoms with van der Waals surface area (Å²) in [5.74, 6) is 1.62. The van der Waals surface area contributed by atoms with E-state index in [1.54, 1.807) is 0 Å². The minimum Gasteiger partial charge on any atom is -0.396 e. The number of hydrogen-bond donors (Lipinski definition) is 2. The van der Waals surface area contributed by atoms with Gasteiger partial charge >= 0.3 is 0 Å². The molecule has 1 fully saturated rings. The Kier molecular flexibility index (Phi) is 6.26. The third kappa shape index (κ3) is 4.98. The van der Waals surface area contributed by atoms with Crippen molar-refractivity contribution in [3.05, 3.63) is 0 Å². The maximum Gasteiger partial charge on any atom is 0.0434 e. The average molecular weight is 213 g/mol. The standard InChI is InChI=1S/C13H27NO/c1-3-5-11(8-9-15)10-14-13(4-2)12-6-7-12/h11-15H,3-10H2,1-2H3. The van der Waals surface area contributed by atoms with Crippen molar-refractivity contribution in [1.29, 1.82) is 0 Å². The van der Waals surface area contributed by atoms with Crippen molar-refractivity contribution in [2.24, 2.45) is 11.8 Å². The van der Waals surface area contributed by atoms with Crippen LogP contribution in [0.3, 0.4) is 0 Å². The highest BCUT2D eigenvalue weighted by Crippen LogP contribution is 2.34. The van der Waals surface area contributed by atoms with Gasteiger partial charge in [-0.05, 0) is 50.5 Å². The molecule has 0 aromatic rings. The predicted octanol–water partition coefficient (Wildman–Crippen LogP) is 2.56. The molecule has 0 spiro atoms. The van der Waals surface area contributed by atoms with Gasteiger partial charge in [-0.3, -0.25) is 0 Å². The van der Waals surface area contributed by atoms with Crippen LogP contribution in [0.4, 0.5) is 0 Å². The summed E-state index contributed by atoms with van der Waals surface area (Å²) in [6.07, 6.45) is 7.53. The van der Waals surface area contributed by atoms with Crippen LogP contribution in [0.5, 0.6) is 0 Å². The lowest BCUT2D eigenvalue weighted by molar-refractivity contribution is 0.243. The molecular formula is C13H27NO. The first-order valence-corrected chi connectivity index (χ1v) is 6.66. The van der Waals surface area contributed by atoms with Crippen LogP contribution in [0.15, 0.2) is 0 Å². The summed E-state index contributed by atoms with van der Waals surface area (Å²) in [6.45, 7) is 5.94. The number of aliphatic hydroxyl groups is 1. The second-order valence-corrected chi connectivity index (χ2v) is 4.93. The van der Waals surface area contributed by atoms with Crippen molar-refractivity contribution >= 4 is 0 Å². The zero-order chi connectivity index (χ0) is 11.1. The minimum atomic E-state index is 0.340. The molecule has 0 radical (unpaired) electrons. The average Bonchev–Trinajstić information content (AvgIpc) is 3.03. The zero-order valence-corrected chi connectivity index (χ0v) is 10.3. The van der Waals surface area contributed by atoms with Crippen LogP contribution in [-0.2, 0) is 0 Å². The molecule has 1 saturated carbocycles. The largest absolute Gasteiger partial charge is 0.396 e. The van der Waals surface area contributed by atoms with Crippen LogP contribution in [0.25, 0.3) is 0 Å². The third-order valence-electron chi connectivity index (χ3n) is 3.53. The Morgan fingerprint density at radius 2 is 2.00 bits per heavy atom. The molecule has 2 heteroatoms. The molecule has 2 unspecified atom stereocenters. The normalized spacial score (nSPS) is 20.2. The lowest BCUT2D eigenvalue weighted by Gasteiger charge is -2.21. The summed E-state index contributed by atoms with van der Waals surface area (Å²) >= 11 is 0. The fourth-order valence-corrected chi connectivity index (χ4v) is 2.40. The van der Waals surface area contributed by atoms with Gasteiger partial charge in [0.05, 0.1) is 0 Å². The number of aliphatic hydroxyl groups excluding tert-OH is 1. The summed E-state index contributed by atoms with van der Waals surface area (Å²) < 4.78 is 0. The van der Waals surface area contributed by atoms with Gasteiger partial charge in [-0.1, -0.05) is 20.3 Å². The van der Waals surface area contributed by atoms with Crippen molar-refractivity contribution in [2.45, 2.75) is 58.4 Å². The van der Waals surface area contributed by atoms with Crippen LogP contribution in [0.2, 0.25) is 0 Å². The molecule has 90 valence electrons. The fraction of sp³-hybridized carbons (Fsp3) is 1.00. The van der Waals surface area contributed by atoms with Gasteiger partial charge in [-0.15, -0.1) is 0 Å². The van der Waals surface area contributed by atoms with Crippen molar-refractivity contribution in [1.82, 2.24) is 5.32 Å². The Morgan fingerprint density at radius 1 is 1.27 bits per heavy atom. The Balaban J connectivity index is 2.17. The summed E-state index contributed by atoms with van der Waals surface area (Å²) in [5, 5.41) is 12.7. The monoisotopic (exact) mass is 213 g/mol. The molecule has 15 heavy (non-hydrogen) atoms. The lowest BCUT2D eigenvalue weighted by Crippen LogP contribution is -2.34. The van der Waals surface area contributed by atoms with Gasteiger partial charge < -0.3 is 10.4 Å². The first-order valence-electron chi connectivity index (χ1n) is 6.66. The zero-order valence-electron chi connectivity index (χ0n) is 10.3. The first kappa shape index (κ1) is 13.0. The molecule has 0 bridgehead atoms. The van der Waals surface area contributed by atoms with E-state index < -0.39 is 0 Å². The molecule has 1 rings (SSSR count). The van der Waals surface area contributed by atoms with Crippen molar-refractivity contribution < 1.29 is 5.11 Å². The minimum absolute atomic E-state index is 0.340. The Bertz CT molecular complexity index is 151. The Hall–Kier alpha value is -0.0800. The number of rotatable bonds is 9. The van der Waals surface area contributed by atoms with Crippen molar-refractivity contribution in [3.63, 3.8) is 0 Å². The quantitative estimate of drug-likeness (QED) is 0.617. The van der Waals surface area contributed by atoms with E-state index in [-0.39, 0.29) is 0 Å². The molecule has 1 aliphatic carbocycles. The Labute approximate surface area is 94.5 Å². The van der Waals surface area contributed by atoms with Crippen LogP contribution in [0.1, 0.15) is 52.4 Å². The van der Waals surface area contributed by atoms with Gasteiger partial charge in [0.1, 0.15) is 0 Å². The van der Waals surface area contributed by atoms with E-state index in [2.05, 4.69) is 19.2 Å². The Morgan fingerprint density at radius 3 is 2.47 bits per heavy atom. The van der Waals surface area contributed by atoms with E-state index in [0.29, 0.717) is 12.5 Å². The van der Waals surface area contributed by atoms with Crippen molar-refractivity contribution in [3.8, 4) is 0 Å². The van der Waals surface area contributed by atoms with Crippen LogP contribution in [0, 0.1) is 11.8 Å².